The van der Waals surface area contributed by atoms with Crippen LogP contribution in [0.1, 0.15) is 37.0 Å². The van der Waals surface area contributed by atoms with Crippen molar-refractivity contribution in [1.29, 1.82) is 0 Å². The summed E-state index contributed by atoms with van der Waals surface area (Å²) in [6.07, 6.45) is 1.79. The van der Waals surface area contributed by atoms with Crippen molar-refractivity contribution in [3.05, 3.63) is 29.8 Å². The SMILES string of the molecule is CCC[C@H](C)NC(=O)COC(=O)c1ccc(S(=O)(=O)N2CCOCC2)cc1. The molecule has 2 rings (SSSR count). The topological polar surface area (TPSA) is 102 Å². The summed E-state index contributed by atoms with van der Waals surface area (Å²) in [4.78, 5) is 23.9. The van der Waals surface area contributed by atoms with Gasteiger partial charge in [-0.15, -0.1) is 0 Å². The van der Waals surface area contributed by atoms with Crippen LogP contribution in [-0.2, 0) is 24.3 Å². The molecule has 27 heavy (non-hydrogen) atoms. The molecule has 150 valence electrons. The van der Waals surface area contributed by atoms with Gasteiger partial charge < -0.3 is 14.8 Å². The normalized spacial score (nSPS) is 16.5. The second-order valence-corrected chi connectivity index (χ2v) is 8.31. The Bertz CT molecular complexity index is 742. The van der Waals surface area contributed by atoms with Crippen molar-refractivity contribution in [2.75, 3.05) is 32.9 Å². The van der Waals surface area contributed by atoms with Gasteiger partial charge in [-0.3, -0.25) is 4.79 Å². The molecule has 1 amide bonds. The number of nitrogens with zero attached hydrogens (tertiary/aromatic N) is 1. The molecule has 1 aliphatic heterocycles. The van der Waals surface area contributed by atoms with Crippen LogP contribution in [0.25, 0.3) is 0 Å². The lowest BCUT2D eigenvalue weighted by molar-refractivity contribution is -0.124. The molecule has 1 fully saturated rings. The van der Waals surface area contributed by atoms with Crippen molar-refractivity contribution >= 4 is 21.9 Å². The van der Waals surface area contributed by atoms with Crippen LogP contribution in [0.4, 0.5) is 0 Å². The summed E-state index contributed by atoms with van der Waals surface area (Å²) in [5, 5.41) is 2.74. The van der Waals surface area contributed by atoms with E-state index in [-0.39, 0.29) is 29.0 Å². The third-order valence-electron chi connectivity index (χ3n) is 4.16. The van der Waals surface area contributed by atoms with Crippen molar-refractivity contribution in [3.8, 4) is 0 Å². The fraction of sp³-hybridized carbons (Fsp3) is 0.556. The van der Waals surface area contributed by atoms with Crippen LogP contribution in [-0.4, -0.2) is 63.6 Å². The zero-order chi connectivity index (χ0) is 19.9. The van der Waals surface area contributed by atoms with Gasteiger partial charge in [-0.2, -0.15) is 4.31 Å². The van der Waals surface area contributed by atoms with E-state index >= 15 is 0 Å². The first-order valence-electron chi connectivity index (χ1n) is 8.99. The fourth-order valence-electron chi connectivity index (χ4n) is 2.74. The highest BCUT2D eigenvalue weighted by atomic mass is 32.2. The predicted octanol–water partition coefficient (Wildman–Crippen LogP) is 1.17. The molecule has 0 aliphatic carbocycles. The Morgan fingerprint density at radius 1 is 1.22 bits per heavy atom. The minimum Gasteiger partial charge on any atom is -0.452 e. The molecule has 1 aromatic rings. The average molecular weight is 398 g/mol. The number of hydrogen-bond acceptors (Lipinski definition) is 6. The van der Waals surface area contributed by atoms with Crippen molar-refractivity contribution in [3.63, 3.8) is 0 Å². The molecule has 0 saturated carbocycles. The van der Waals surface area contributed by atoms with E-state index < -0.39 is 16.0 Å². The van der Waals surface area contributed by atoms with E-state index in [0.717, 1.165) is 12.8 Å². The molecule has 1 atom stereocenters. The molecule has 0 bridgehead atoms. The third kappa shape index (κ3) is 6.02. The summed E-state index contributed by atoms with van der Waals surface area (Å²) in [6, 6.07) is 5.52. The molecule has 1 saturated heterocycles. The first kappa shape index (κ1) is 21.3. The van der Waals surface area contributed by atoms with Gasteiger partial charge in [-0.05, 0) is 37.6 Å². The Labute approximate surface area is 159 Å². The van der Waals surface area contributed by atoms with E-state index in [2.05, 4.69) is 5.32 Å². The number of benzene rings is 1. The molecule has 0 spiro atoms. The molecule has 1 aliphatic rings. The van der Waals surface area contributed by atoms with E-state index in [1.54, 1.807) is 0 Å². The molecular formula is C18H26N2O6S. The molecule has 8 nitrogen and oxygen atoms in total. The molecule has 1 N–H and O–H groups in total. The van der Waals surface area contributed by atoms with Crippen molar-refractivity contribution in [1.82, 2.24) is 9.62 Å². The Hall–Kier alpha value is -1.97. The summed E-state index contributed by atoms with van der Waals surface area (Å²) in [5.41, 5.74) is 0.185. The Morgan fingerprint density at radius 3 is 2.44 bits per heavy atom. The largest absolute Gasteiger partial charge is 0.452 e. The zero-order valence-corrected chi connectivity index (χ0v) is 16.5. The zero-order valence-electron chi connectivity index (χ0n) is 15.6. The van der Waals surface area contributed by atoms with Gasteiger partial charge >= 0.3 is 5.97 Å². The third-order valence-corrected chi connectivity index (χ3v) is 6.07. The van der Waals surface area contributed by atoms with Crippen LogP contribution in [0.15, 0.2) is 29.2 Å². The van der Waals surface area contributed by atoms with Crippen LogP contribution >= 0.6 is 0 Å². The second-order valence-electron chi connectivity index (χ2n) is 6.37. The average Bonchev–Trinajstić information content (AvgIpc) is 2.67. The number of carbonyl (C=O) groups excluding carboxylic acids is 2. The Balaban J connectivity index is 1.92. The first-order chi connectivity index (χ1) is 12.8. The highest BCUT2D eigenvalue weighted by molar-refractivity contribution is 7.89. The first-order valence-corrected chi connectivity index (χ1v) is 10.4. The van der Waals surface area contributed by atoms with E-state index in [9.17, 15) is 18.0 Å². The Kier molecular flexibility index (Phi) is 7.76. The number of ether oxygens (including phenoxy) is 2. The number of carbonyl (C=O) groups is 2. The maximum Gasteiger partial charge on any atom is 0.338 e. The molecule has 1 heterocycles. The summed E-state index contributed by atoms with van der Waals surface area (Å²) in [6.45, 7) is 4.86. The minimum atomic E-state index is -3.61. The monoisotopic (exact) mass is 398 g/mol. The van der Waals surface area contributed by atoms with E-state index in [1.165, 1.54) is 28.6 Å². The molecular weight excluding hydrogens is 372 g/mol. The van der Waals surface area contributed by atoms with Gasteiger partial charge in [0.15, 0.2) is 6.61 Å². The number of sulfonamides is 1. The lowest BCUT2D eigenvalue weighted by Gasteiger charge is -2.26. The number of morpholine rings is 1. The van der Waals surface area contributed by atoms with Gasteiger partial charge in [0.2, 0.25) is 10.0 Å². The van der Waals surface area contributed by atoms with Gasteiger partial charge in [0.25, 0.3) is 5.91 Å². The van der Waals surface area contributed by atoms with Crippen molar-refractivity contribution in [2.45, 2.75) is 37.6 Å². The number of amides is 1. The molecule has 1 aromatic carbocycles. The molecule has 0 unspecified atom stereocenters. The molecule has 9 heteroatoms. The van der Waals surface area contributed by atoms with E-state index in [0.29, 0.717) is 26.3 Å². The van der Waals surface area contributed by atoms with Crippen molar-refractivity contribution < 1.29 is 27.5 Å². The number of hydrogen-bond donors (Lipinski definition) is 1. The summed E-state index contributed by atoms with van der Waals surface area (Å²) in [7, 11) is -3.61. The smallest absolute Gasteiger partial charge is 0.338 e. The van der Waals surface area contributed by atoms with E-state index in [4.69, 9.17) is 9.47 Å². The van der Waals surface area contributed by atoms with Crippen LogP contribution in [0, 0.1) is 0 Å². The van der Waals surface area contributed by atoms with Gasteiger partial charge in [-0.25, -0.2) is 13.2 Å². The lowest BCUT2D eigenvalue weighted by atomic mass is 10.2. The predicted molar refractivity (Wildman–Crippen MR) is 98.8 cm³/mol. The second kappa shape index (κ2) is 9.82. The summed E-state index contributed by atoms with van der Waals surface area (Å²) in [5.74, 6) is -1.04. The van der Waals surface area contributed by atoms with Gasteiger partial charge in [0.05, 0.1) is 23.7 Å². The van der Waals surface area contributed by atoms with E-state index in [1.807, 2.05) is 13.8 Å². The van der Waals surface area contributed by atoms with Crippen LogP contribution in [0.5, 0.6) is 0 Å². The summed E-state index contributed by atoms with van der Waals surface area (Å²) < 4.78 is 36.6. The number of esters is 1. The van der Waals surface area contributed by atoms with Gasteiger partial charge in [-0.1, -0.05) is 13.3 Å². The highest BCUT2D eigenvalue weighted by Gasteiger charge is 2.26. The van der Waals surface area contributed by atoms with Crippen LogP contribution < -0.4 is 5.32 Å². The van der Waals surface area contributed by atoms with Gasteiger partial charge in [0, 0.05) is 19.1 Å². The maximum atomic E-state index is 12.5. The summed E-state index contributed by atoms with van der Waals surface area (Å²) >= 11 is 0. The number of nitrogens with one attached hydrogen (secondary N) is 1. The van der Waals surface area contributed by atoms with Gasteiger partial charge in [0.1, 0.15) is 0 Å². The Morgan fingerprint density at radius 2 is 1.85 bits per heavy atom. The minimum absolute atomic E-state index is 0.0193. The van der Waals surface area contributed by atoms with Crippen LogP contribution in [0.3, 0.4) is 0 Å². The number of rotatable bonds is 8. The fourth-order valence-corrected chi connectivity index (χ4v) is 4.14. The standard InChI is InChI=1S/C18H26N2O6S/c1-3-4-14(2)19-17(21)13-26-18(22)15-5-7-16(8-6-15)27(23,24)20-9-11-25-12-10-20/h5-8,14H,3-4,9-13H2,1-2H3,(H,19,21)/t14-/m0/s1. The van der Waals surface area contributed by atoms with Crippen LogP contribution in [0.2, 0.25) is 0 Å². The molecule has 0 radical (unpaired) electrons. The van der Waals surface area contributed by atoms with Crippen molar-refractivity contribution in [2.24, 2.45) is 0 Å². The lowest BCUT2D eigenvalue weighted by Crippen LogP contribution is -2.40. The highest BCUT2D eigenvalue weighted by Crippen LogP contribution is 2.18. The quantitative estimate of drug-likeness (QED) is 0.660. The maximum absolute atomic E-state index is 12.5. The molecule has 0 aromatic heterocycles.